The molecule has 0 aliphatic heterocycles. The van der Waals surface area contributed by atoms with Crippen LogP contribution in [0.2, 0.25) is 0 Å². The minimum absolute atomic E-state index is 0.0580. The summed E-state index contributed by atoms with van der Waals surface area (Å²) in [5.41, 5.74) is 0. The first-order chi connectivity index (χ1) is 7.83. The van der Waals surface area contributed by atoms with E-state index in [0.29, 0.717) is 6.54 Å². The van der Waals surface area contributed by atoms with Gasteiger partial charge in [0.25, 0.3) is 0 Å². The van der Waals surface area contributed by atoms with Gasteiger partial charge in [-0.05, 0) is 36.8 Å². The van der Waals surface area contributed by atoms with Crippen LogP contribution in [0, 0.1) is 0 Å². The van der Waals surface area contributed by atoms with E-state index in [4.69, 9.17) is 5.11 Å². The average Bonchev–Trinajstić information content (AvgIpc) is 2.79. The predicted molar refractivity (Wildman–Crippen MR) is 67.3 cm³/mol. The maximum absolute atomic E-state index is 11.3. The summed E-state index contributed by atoms with van der Waals surface area (Å²) in [6.45, 7) is 0.903. The number of carbonyl (C=O) groups excluding carboxylic acids is 1. The normalized spacial score (nSPS) is 10.8. The van der Waals surface area contributed by atoms with Gasteiger partial charge in [0.15, 0.2) is 0 Å². The van der Waals surface area contributed by atoms with E-state index in [0.717, 1.165) is 24.1 Å². The van der Waals surface area contributed by atoms with Gasteiger partial charge in [0, 0.05) is 24.1 Å². The van der Waals surface area contributed by atoms with Crippen LogP contribution in [-0.4, -0.2) is 24.2 Å². The summed E-state index contributed by atoms with van der Waals surface area (Å²) >= 11 is 1.61. The summed E-state index contributed by atoms with van der Waals surface area (Å²) in [5, 5.41) is 13.3. The van der Waals surface area contributed by atoms with Crippen molar-refractivity contribution in [3.05, 3.63) is 28.5 Å². The molecule has 0 fully saturated rings. The van der Waals surface area contributed by atoms with Gasteiger partial charge in [0.05, 0.1) is 0 Å². The Bertz CT molecular complexity index is 320. The molecule has 1 rings (SSSR count). The predicted octanol–water partition coefficient (Wildman–Crippen LogP) is 2.04. The van der Waals surface area contributed by atoms with Gasteiger partial charge >= 0.3 is 0 Å². The first-order valence-corrected chi connectivity index (χ1v) is 6.31. The molecule has 0 aliphatic rings. The van der Waals surface area contributed by atoms with Crippen molar-refractivity contribution in [2.45, 2.75) is 19.3 Å². The summed E-state index contributed by atoms with van der Waals surface area (Å²) < 4.78 is 0. The van der Waals surface area contributed by atoms with Crippen LogP contribution >= 0.6 is 11.3 Å². The van der Waals surface area contributed by atoms with Crippen molar-refractivity contribution in [3.63, 3.8) is 0 Å². The molecule has 1 heterocycles. The van der Waals surface area contributed by atoms with Crippen LogP contribution in [0.4, 0.5) is 0 Å². The van der Waals surface area contributed by atoms with Gasteiger partial charge in [0.2, 0.25) is 5.91 Å². The fourth-order valence-corrected chi connectivity index (χ4v) is 1.85. The zero-order valence-corrected chi connectivity index (χ0v) is 10.0. The van der Waals surface area contributed by atoms with Crippen LogP contribution in [0.5, 0.6) is 0 Å². The second-order valence-corrected chi connectivity index (χ2v) is 4.40. The Morgan fingerprint density at radius 1 is 1.44 bits per heavy atom. The Morgan fingerprint density at radius 2 is 2.31 bits per heavy atom. The average molecular weight is 239 g/mol. The van der Waals surface area contributed by atoms with E-state index in [2.05, 4.69) is 5.32 Å². The van der Waals surface area contributed by atoms with E-state index in [-0.39, 0.29) is 12.5 Å². The number of amides is 1. The smallest absolute Gasteiger partial charge is 0.244 e. The van der Waals surface area contributed by atoms with E-state index < -0.39 is 0 Å². The number of thiophene rings is 1. The van der Waals surface area contributed by atoms with Crippen molar-refractivity contribution in [1.29, 1.82) is 0 Å². The SMILES string of the molecule is O=C(/C=C/c1cccs1)NCCCCCO. The Labute approximate surface area is 99.8 Å². The Hall–Kier alpha value is -1.13. The molecule has 0 aliphatic carbocycles. The fourth-order valence-electron chi connectivity index (χ4n) is 1.23. The standard InChI is InChI=1S/C12H17NO2S/c14-9-3-1-2-8-13-12(15)7-6-11-5-4-10-16-11/h4-7,10,14H,1-3,8-9H2,(H,13,15)/b7-6+. The Morgan fingerprint density at radius 3 is 3.00 bits per heavy atom. The van der Waals surface area contributed by atoms with Crippen LogP contribution in [0.1, 0.15) is 24.1 Å². The second-order valence-electron chi connectivity index (χ2n) is 3.42. The molecule has 0 radical (unpaired) electrons. The highest BCUT2D eigenvalue weighted by molar-refractivity contribution is 7.10. The van der Waals surface area contributed by atoms with E-state index in [1.807, 2.05) is 23.6 Å². The van der Waals surface area contributed by atoms with Gasteiger partial charge < -0.3 is 10.4 Å². The van der Waals surface area contributed by atoms with Gasteiger partial charge in [-0.15, -0.1) is 11.3 Å². The monoisotopic (exact) mass is 239 g/mol. The third-order valence-electron chi connectivity index (χ3n) is 2.08. The molecule has 0 saturated heterocycles. The lowest BCUT2D eigenvalue weighted by Crippen LogP contribution is -2.21. The number of aliphatic hydroxyl groups excluding tert-OH is 1. The highest BCUT2D eigenvalue weighted by atomic mass is 32.1. The molecular weight excluding hydrogens is 222 g/mol. The summed E-state index contributed by atoms with van der Waals surface area (Å²) in [6, 6.07) is 3.92. The molecular formula is C12H17NO2S. The summed E-state index contributed by atoms with van der Waals surface area (Å²) in [4.78, 5) is 12.4. The Kier molecular flexibility index (Phi) is 6.53. The lowest BCUT2D eigenvalue weighted by molar-refractivity contribution is -0.116. The van der Waals surface area contributed by atoms with Gasteiger partial charge in [-0.25, -0.2) is 0 Å². The molecule has 3 nitrogen and oxygen atoms in total. The molecule has 1 amide bonds. The third kappa shape index (κ3) is 5.68. The number of carbonyl (C=O) groups is 1. The van der Waals surface area contributed by atoms with Crippen LogP contribution in [0.15, 0.2) is 23.6 Å². The number of nitrogens with one attached hydrogen (secondary N) is 1. The minimum atomic E-state index is -0.0580. The molecule has 16 heavy (non-hydrogen) atoms. The fraction of sp³-hybridized carbons (Fsp3) is 0.417. The molecule has 0 aromatic carbocycles. The molecule has 88 valence electrons. The Balaban J connectivity index is 2.11. The second kappa shape index (κ2) is 8.07. The van der Waals surface area contributed by atoms with Gasteiger partial charge in [-0.1, -0.05) is 6.07 Å². The van der Waals surface area contributed by atoms with E-state index in [1.54, 1.807) is 17.4 Å². The van der Waals surface area contributed by atoms with E-state index in [1.165, 1.54) is 0 Å². The molecule has 1 aromatic rings. The highest BCUT2D eigenvalue weighted by Gasteiger charge is 1.94. The van der Waals surface area contributed by atoms with Crippen molar-refractivity contribution in [2.75, 3.05) is 13.2 Å². The molecule has 0 atom stereocenters. The number of rotatable bonds is 7. The zero-order chi connectivity index (χ0) is 11.6. The number of hydrogen-bond acceptors (Lipinski definition) is 3. The lowest BCUT2D eigenvalue weighted by Gasteiger charge is -2.00. The largest absolute Gasteiger partial charge is 0.396 e. The van der Waals surface area contributed by atoms with Crippen LogP contribution in [0.3, 0.4) is 0 Å². The minimum Gasteiger partial charge on any atom is -0.396 e. The van der Waals surface area contributed by atoms with Crippen LogP contribution in [0.25, 0.3) is 6.08 Å². The molecule has 2 N–H and O–H groups in total. The molecule has 0 unspecified atom stereocenters. The van der Waals surface area contributed by atoms with Crippen LogP contribution in [-0.2, 0) is 4.79 Å². The summed E-state index contributed by atoms with van der Waals surface area (Å²) in [5.74, 6) is -0.0580. The lowest BCUT2D eigenvalue weighted by atomic mass is 10.2. The van der Waals surface area contributed by atoms with Crippen molar-refractivity contribution in [3.8, 4) is 0 Å². The zero-order valence-electron chi connectivity index (χ0n) is 9.19. The quantitative estimate of drug-likeness (QED) is 0.565. The summed E-state index contributed by atoms with van der Waals surface area (Å²) in [6.07, 6.45) is 6.04. The number of hydrogen-bond donors (Lipinski definition) is 2. The number of aliphatic hydroxyl groups is 1. The molecule has 4 heteroatoms. The van der Waals surface area contributed by atoms with Crippen molar-refractivity contribution >= 4 is 23.3 Å². The maximum atomic E-state index is 11.3. The van der Waals surface area contributed by atoms with Crippen molar-refractivity contribution in [2.24, 2.45) is 0 Å². The molecule has 1 aromatic heterocycles. The topological polar surface area (TPSA) is 49.3 Å². The maximum Gasteiger partial charge on any atom is 0.244 e. The summed E-state index contributed by atoms with van der Waals surface area (Å²) in [7, 11) is 0. The van der Waals surface area contributed by atoms with E-state index in [9.17, 15) is 4.79 Å². The van der Waals surface area contributed by atoms with Gasteiger partial charge in [-0.3, -0.25) is 4.79 Å². The van der Waals surface area contributed by atoms with E-state index >= 15 is 0 Å². The highest BCUT2D eigenvalue weighted by Crippen LogP contribution is 2.09. The third-order valence-corrected chi connectivity index (χ3v) is 2.91. The number of unbranched alkanes of at least 4 members (excludes halogenated alkanes) is 2. The van der Waals surface area contributed by atoms with Crippen LogP contribution < -0.4 is 5.32 Å². The first-order valence-electron chi connectivity index (χ1n) is 5.43. The first kappa shape index (κ1) is 12.9. The van der Waals surface area contributed by atoms with Crippen molar-refractivity contribution < 1.29 is 9.90 Å². The van der Waals surface area contributed by atoms with Gasteiger partial charge in [0.1, 0.15) is 0 Å². The molecule has 0 bridgehead atoms. The molecule has 0 spiro atoms. The molecule has 0 saturated carbocycles. The van der Waals surface area contributed by atoms with Gasteiger partial charge in [-0.2, -0.15) is 0 Å². The van der Waals surface area contributed by atoms with Crippen molar-refractivity contribution in [1.82, 2.24) is 5.32 Å².